The number of amides is 1. The van der Waals surface area contributed by atoms with Gasteiger partial charge in [-0.05, 0) is 51.5 Å². The van der Waals surface area contributed by atoms with Crippen LogP contribution in [0, 0.1) is 5.92 Å². The molecule has 1 aliphatic carbocycles. The minimum absolute atomic E-state index is 0. The molecule has 1 amide bonds. The average molecular weight is 333 g/mol. The highest BCUT2D eigenvalue weighted by atomic mass is 35.5. The van der Waals surface area contributed by atoms with E-state index in [1.807, 2.05) is 6.92 Å². The van der Waals surface area contributed by atoms with Gasteiger partial charge in [0.15, 0.2) is 0 Å². The lowest BCUT2D eigenvalue weighted by molar-refractivity contribution is -0.140. The third kappa shape index (κ3) is 5.71. The van der Waals surface area contributed by atoms with Crippen molar-refractivity contribution in [2.24, 2.45) is 5.92 Å². The van der Waals surface area contributed by atoms with Crippen molar-refractivity contribution in [3.05, 3.63) is 0 Å². The normalized spacial score (nSPS) is 33.6. The van der Waals surface area contributed by atoms with Gasteiger partial charge in [0.2, 0.25) is 5.91 Å². The van der Waals surface area contributed by atoms with Gasteiger partial charge in [-0.3, -0.25) is 4.79 Å². The molecular formula is C17H33ClN2O2. The maximum atomic E-state index is 12.5. The van der Waals surface area contributed by atoms with Gasteiger partial charge in [0, 0.05) is 12.1 Å². The van der Waals surface area contributed by atoms with Crippen molar-refractivity contribution in [3.8, 4) is 0 Å². The van der Waals surface area contributed by atoms with Gasteiger partial charge in [-0.25, -0.2) is 0 Å². The van der Waals surface area contributed by atoms with E-state index in [0.29, 0.717) is 6.04 Å². The van der Waals surface area contributed by atoms with Gasteiger partial charge in [0.1, 0.15) is 6.10 Å². The first-order valence-electron chi connectivity index (χ1n) is 8.79. The number of piperidine rings is 1. The van der Waals surface area contributed by atoms with E-state index in [4.69, 9.17) is 4.74 Å². The highest BCUT2D eigenvalue weighted by molar-refractivity contribution is 5.85. The maximum absolute atomic E-state index is 12.5. The number of hydrogen-bond acceptors (Lipinski definition) is 3. The van der Waals surface area contributed by atoms with Gasteiger partial charge < -0.3 is 15.4 Å². The molecule has 1 saturated carbocycles. The predicted molar refractivity (Wildman–Crippen MR) is 92.5 cm³/mol. The van der Waals surface area contributed by atoms with Crippen molar-refractivity contribution in [2.75, 3.05) is 6.54 Å². The molecule has 0 aromatic carbocycles. The Hall–Kier alpha value is -0.320. The smallest absolute Gasteiger partial charge is 0.249 e. The summed E-state index contributed by atoms with van der Waals surface area (Å²) in [4.78, 5) is 12.5. The van der Waals surface area contributed by atoms with Crippen LogP contribution in [0.3, 0.4) is 0 Å². The minimum atomic E-state index is -0.283. The molecule has 0 spiro atoms. The molecule has 1 aliphatic heterocycles. The van der Waals surface area contributed by atoms with E-state index >= 15 is 0 Å². The quantitative estimate of drug-likeness (QED) is 0.813. The molecule has 22 heavy (non-hydrogen) atoms. The second-order valence-electron chi connectivity index (χ2n) is 6.93. The average Bonchev–Trinajstić information content (AvgIpc) is 2.47. The van der Waals surface area contributed by atoms with Crippen LogP contribution in [-0.4, -0.2) is 36.7 Å². The summed E-state index contributed by atoms with van der Waals surface area (Å²) in [5.74, 6) is 0.808. The van der Waals surface area contributed by atoms with Gasteiger partial charge in [0.05, 0.1) is 6.10 Å². The van der Waals surface area contributed by atoms with Crippen molar-refractivity contribution >= 4 is 18.3 Å². The molecule has 5 atom stereocenters. The number of halogens is 1. The minimum Gasteiger partial charge on any atom is -0.365 e. The molecule has 4 nitrogen and oxygen atoms in total. The lowest BCUT2D eigenvalue weighted by Crippen LogP contribution is -2.54. The molecular weight excluding hydrogens is 300 g/mol. The van der Waals surface area contributed by atoms with Crippen molar-refractivity contribution in [3.63, 3.8) is 0 Å². The van der Waals surface area contributed by atoms with E-state index in [9.17, 15) is 4.79 Å². The maximum Gasteiger partial charge on any atom is 0.249 e. The third-order valence-electron chi connectivity index (χ3n) is 5.00. The first kappa shape index (κ1) is 19.7. The Labute approximate surface area is 141 Å². The molecule has 1 saturated heterocycles. The number of hydrogen-bond donors (Lipinski definition) is 2. The fraction of sp³-hybridized carbons (Fsp3) is 0.941. The largest absolute Gasteiger partial charge is 0.365 e. The second kappa shape index (κ2) is 9.74. The number of nitrogens with one attached hydrogen (secondary N) is 2. The Bertz CT molecular complexity index is 341. The second-order valence-corrected chi connectivity index (χ2v) is 6.93. The first-order valence-corrected chi connectivity index (χ1v) is 8.79. The monoisotopic (exact) mass is 332 g/mol. The van der Waals surface area contributed by atoms with E-state index in [2.05, 4.69) is 24.5 Å². The predicted octanol–water partition coefficient (Wildman–Crippen LogP) is 3.04. The summed E-state index contributed by atoms with van der Waals surface area (Å²) >= 11 is 0. The Kier molecular flexibility index (Phi) is 8.73. The fourth-order valence-electron chi connectivity index (χ4n) is 3.59. The van der Waals surface area contributed by atoms with Crippen LogP contribution in [0.5, 0.6) is 0 Å². The van der Waals surface area contributed by atoms with Crippen LogP contribution in [0.2, 0.25) is 0 Å². The highest BCUT2D eigenvalue weighted by Gasteiger charge is 2.29. The third-order valence-corrected chi connectivity index (χ3v) is 5.00. The standard InChI is InChI=1S/C17H32N2O2.ClH/c1-4-16(21-14-8-5-7-12(2)11-14)17(20)19-15-9-6-10-18-13(15)3;/h12-16,18H,4-11H2,1-3H3,(H,19,20);1H. The van der Waals surface area contributed by atoms with Gasteiger partial charge in [-0.1, -0.05) is 26.7 Å². The Morgan fingerprint density at radius 2 is 2.05 bits per heavy atom. The van der Waals surface area contributed by atoms with Crippen LogP contribution >= 0.6 is 12.4 Å². The van der Waals surface area contributed by atoms with Crippen LogP contribution in [0.25, 0.3) is 0 Å². The Morgan fingerprint density at radius 3 is 2.68 bits per heavy atom. The van der Waals surface area contributed by atoms with Gasteiger partial charge in [-0.15, -0.1) is 12.4 Å². The van der Waals surface area contributed by atoms with E-state index in [1.54, 1.807) is 0 Å². The topological polar surface area (TPSA) is 50.4 Å². The van der Waals surface area contributed by atoms with Gasteiger partial charge in [0.25, 0.3) is 0 Å². The van der Waals surface area contributed by atoms with Crippen molar-refractivity contribution < 1.29 is 9.53 Å². The Morgan fingerprint density at radius 1 is 1.27 bits per heavy atom. The lowest BCUT2D eigenvalue weighted by atomic mass is 9.88. The highest BCUT2D eigenvalue weighted by Crippen LogP contribution is 2.27. The van der Waals surface area contributed by atoms with Crippen molar-refractivity contribution in [2.45, 2.75) is 90.0 Å². The molecule has 2 aliphatic rings. The molecule has 2 rings (SSSR count). The summed E-state index contributed by atoms with van der Waals surface area (Å²) in [6, 6.07) is 0.601. The van der Waals surface area contributed by atoms with Crippen LogP contribution in [0.15, 0.2) is 0 Å². The van der Waals surface area contributed by atoms with Crippen LogP contribution < -0.4 is 10.6 Å². The Balaban J connectivity index is 0.00000242. The fourth-order valence-corrected chi connectivity index (χ4v) is 3.59. The van der Waals surface area contributed by atoms with Gasteiger partial charge >= 0.3 is 0 Å². The SMILES string of the molecule is CCC(OC1CCCC(C)C1)C(=O)NC1CCCNC1C.Cl. The van der Waals surface area contributed by atoms with E-state index in [1.165, 1.54) is 12.8 Å². The molecule has 5 unspecified atom stereocenters. The van der Waals surface area contributed by atoms with Crippen molar-refractivity contribution in [1.82, 2.24) is 10.6 Å². The molecule has 2 fully saturated rings. The molecule has 2 N–H and O–H groups in total. The number of rotatable bonds is 5. The van der Waals surface area contributed by atoms with E-state index in [0.717, 1.165) is 44.6 Å². The summed E-state index contributed by atoms with van der Waals surface area (Å²) < 4.78 is 6.12. The molecule has 130 valence electrons. The summed E-state index contributed by atoms with van der Waals surface area (Å²) in [5, 5.41) is 6.62. The lowest BCUT2D eigenvalue weighted by Gasteiger charge is -2.33. The molecule has 0 bridgehead atoms. The number of ether oxygens (including phenoxy) is 1. The zero-order valence-corrected chi connectivity index (χ0v) is 15.1. The summed E-state index contributed by atoms with van der Waals surface area (Å²) in [6.07, 6.45) is 7.68. The molecule has 0 aromatic heterocycles. The zero-order valence-electron chi connectivity index (χ0n) is 14.3. The number of carbonyl (C=O) groups is 1. The van der Waals surface area contributed by atoms with E-state index in [-0.39, 0.29) is 36.6 Å². The first-order chi connectivity index (χ1) is 10.1. The molecule has 0 aromatic rings. The molecule has 1 heterocycles. The van der Waals surface area contributed by atoms with E-state index < -0.39 is 0 Å². The zero-order chi connectivity index (χ0) is 15.2. The molecule has 0 radical (unpaired) electrons. The number of carbonyl (C=O) groups excluding carboxylic acids is 1. The summed E-state index contributed by atoms with van der Waals surface area (Å²) in [6.45, 7) is 7.53. The van der Waals surface area contributed by atoms with Crippen LogP contribution in [0.4, 0.5) is 0 Å². The van der Waals surface area contributed by atoms with Crippen LogP contribution in [0.1, 0.15) is 65.7 Å². The summed E-state index contributed by atoms with van der Waals surface area (Å²) in [7, 11) is 0. The molecule has 5 heteroatoms. The van der Waals surface area contributed by atoms with Crippen LogP contribution in [-0.2, 0) is 9.53 Å². The summed E-state index contributed by atoms with van der Waals surface area (Å²) in [5.41, 5.74) is 0. The van der Waals surface area contributed by atoms with Gasteiger partial charge in [-0.2, -0.15) is 0 Å². The van der Waals surface area contributed by atoms with Crippen molar-refractivity contribution in [1.29, 1.82) is 0 Å².